The van der Waals surface area contributed by atoms with E-state index in [9.17, 15) is 9.59 Å². The van der Waals surface area contributed by atoms with Crippen molar-refractivity contribution in [3.05, 3.63) is 59.2 Å². The van der Waals surface area contributed by atoms with Gasteiger partial charge in [0, 0.05) is 37.7 Å². The Hall–Kier alpha value is -3.02. The largest absolute Gasteiger partial charge is 0.454 e. The molecule has 0 spiro atoms. The minimum Gasteiger partial charge on any atom is -0.454 e. The summed E-state index contributed by atoms with van der Waals surface area (Å²) in [6.07, 6.45) is 2.20. The number of piperidine rings is 2. The molecule has 2 saturated heterocycles. The van der Waals surface area contributed by atoms with Crippen molar-refractivity contribution in [1.82, 2.24) is 9.80 Å². The summed E-state index contributed by atoms with van der Waals surface area (Å²) in [5.41, 5.74) is 2.93. The highest BCUT2D eigenvalue weighted by atomic mass is 16.7. The molecule has 6 heteroatoms. The van der Waals surface area contributed by atoms with Gasteiger partial charge in [0.2, 0.25) is 12.7 Å². The van der Waals surface area contributed by atoms with E-state index < -0.39 is 0 Å². The van der Waals surface area contributed by atoms with E-state index in [1.807, 2.05) is 59.2 Å². The van der Waals surface area contributed by atoms with Crippen LogP contribution in [0.2, 0.25) is 0 Å². The first-order valence-electron chi connectivity index (χ1n) is 10.6. The third-order valence-electron chi connectivity index (χ3n) is 6.52. The normalized spacial score (nSPS) is 22.8. The molecule has 2 amide bonds. The standard InChI is InChI=1S/C24H26N2O4/c1-16-2-5-18(6-3-16)24(28)25-11-10-20-19(14-25)7-9-23(27)26(20)13-17-4-8-21-22(12-17)30-15-29-21/h2-6,8,12,19-20H,7,9-11,13-15H2,1H3/t19-,20+/m1/s1. The topological polar surface area (TPSA) is 59.1 Å². The van der Waals surface area contributed by atoms with Crippen molar-refractivity contribution in [2.75, 3.05) is 19.9 Å². The summed E-state index contributed by atoms with van der Waals surface area (Å²) < 4.78 is 10.9. The van der Waals surface area contributed by atoms with Crippen molar-refractivity contribution in [3.63, 3.8) is 0 Å². The molecule has 2 aromatic carbocycles. The molecule has 0 aromatic heterocycles. The average Bonchev–Trinajstić information content (AvgIpc) is 3.23. The van der Waals surface area contributed by atoms with Crippen molar-refractivity contribution in [3.8, 4) is 11.5 Å². The number of carbonyl (C=O) groups is 2. The fourth-order valence-corrected chi connectivity index (χ4v) is 4.86. The van der Waals surface area contributed by atoms with Crippen LogP contribution in [0.3, 0.4) is 0 Å². The molecule has 0 bridgehead atoms. The van der Waals surface area contributed by atoms with E-state index in [1.165, 1.54) is 0 Å². The van der Waals surface area contributed by atoms with Crippen LogP contribution >= 0.6 is 0 Å². The molecule has 6 nitrogen and oxygen atoms in total. The van der Waals surface area contributed by atoms with Gasteiger partial charge in [0.15, 0.2) is 11.5 Å². The lowest BCUT2D eigenvalue weighted by atomic mass is 9.83. The van der Waals surface area contributed by atoms with Crippen molar-refractivity contribution >= 4 is 11.8 Å². The van der Waals surface area contributed by atoms with E-state index in [2.05, 4.69) is 0 Å². The molecular weight excluding hydrogens is 380 g/mol. The van der Waals surface area contributed by atoms with Gasteiger partial charge in [-0.25, -0.2) is 0 Å². The highest BCUT2D eigenvalue weighted by Gasteiger charge is 2.40. The van der Waals surface area contributed by atoms with Gasteiger partial charge in [0.05, 0.1) is 0 Å². The Bertz CT molecular complexity index is 972. The molecular formula is C24H26N2O4. The third kappa shape index (κ3) is 3.51. The molecule has 3 heterocycles. The molecule has 0 N–H and O–H groups in total. The van der Waals surface area contributed by atoms with Crippen LogP contribution in [0, 0.1) is 12.8 Å². The summed E-state index contributed by atoms with van der Waals surface area (Å²) in [5.74, 6) is 2.11. The molecule has 0 saturated carbocycles. The summed E-state index contributed by atoms with van der Waals surface area (Å²) in [6.45, 7) is 4.23. The van der Waals surface area contributed by atoms with Crippen LogP contribution in [-0.4, -0.2) is 47.5 Å². The Morgan fingerprint density at radius 2 is 1.87 bits per heavy atom. The zero-order valence-corrected chi connectivity index (χ0v) is 17.2. The van der Waals surface area contributed by atoms with E-state index in [0.717, 1.165) is 41.0 Å². The summed E-state index contributed by atoms with van der Waals surface area (Å²) in [4.78, 5) is 29.7. The number of amides is 2. The Morgan fingerprint density at radius 3 is 2.70 bits per heavy atom. The van der Waals surface area contributed by atoms with Gasteiger partial charge in [-0.3, -0.25) is 9.59 Å². The van der Waals surface area contributed by atoms with Crippen LogP contribution in [0.4, 0.5) is 0 Å². The van der Waals surface area contributed by atoms with E-state index >= 15 is 0 Å². The second-order valence-corrected chi connectivity index (χ2v) is 8.48. The highest BCUT2D eigenvalue weighted by molar-refractivity contribution is 5.94. The van der Waals surface area contributed by atoms with Gasteiger partial charge in [-0.1, -0.05) is 23.8 Å². The zero-order chi connectivity index (χ0) is 20.7. The van der Waals surface area contributed by atoms with Crippen molar-refractivity contribution in [2.45, 2.75) is 38.8 Å². The van der Waals surface area contributed by atoms with E-state index in [-0.39, 0.29) is 24.6 Å². The van der Waals surface area contributed by atoms with E-state index in [0.29, 0.717) is 32.0 Å². The number of fused-ring (bicyclic) bond motifs is 2. The Balaban J connectivity index is 1.29. The molecule has 5 rings (SSSR count). The van der Waals surface area contributed by atoms with Gasteiger partial charge < -0.3 is 19.3 Å². The van der Waals surface area contributed by atoms with E-state index in [4.69, 9.17) is 9.47 Å². The SMILES string of the molecule is Cc1ccc(C(=O)N2CC[C@H]3[C@H](CCC(=O)N3Cc3ccc4c(c3)OCO4)C2)cc1. The number of hydrogen-bond donors (Lipinski definition) is 0. The minimum atomic E-state index is 0.0904. The summed E-state index contributed by atoms with van der Waals surface area (Å²) in [7, 11) is 0. The minimum absolute atomic E-state index is 0.0904. The first kappa shape index (κ1) is 19.0. The van der Waals surface area contributed by atoms with Crippen LogP contribution in [0.1, 0.15) is 40.7 Å². The van der Waals surface area contributed by atoms with Crippen LogP contribution in [0.25, 0.3) is 0 Å². The van der Waals surface area contributed by atoms with Gasteiger partial charge in [-0.2, -0.15) is 0 Å². The Kier molecular flexibility index (Phi) is 4.85. The Morgan fingerprint density at radius 1 is 1.07 bits per heavy atom. The summed E-state index contributed by atoms with van der Waals surface area (Å²) in [6, 6.07) is 13.8. The highest BCUT2D eigenvalue weighted by Crippen LogP contribution is 2.36. The lowest BCUT2D eigenvalue weighted by Crippen LogP contribution is -2.56. The van der Waals surface area contributed by atoms with Crippen LogP contribution in [0.5, 0.6) is 11.5 Å². The van der Waals surface area contributed by atoms with Gasteiger partial charge in [-0.15, -0.1) is 0 Å². The number of benzene rings is 2. The molecule has 3 aliphatic rings. The molecule has 0 aliphatic carbocycles. The number of ether oxygens (including phenoxy) is 2. The molecule has 2 aromatic rings. The van der Waals surface area contributed by atoms with Crippen LogP contribution in [-0.2, 0) is 11.3 Å². The van der Waals surface area contributed by atoms with Gasteiger partial charge in [0.1, 0.15) is 0 Å². The van der Waals surface area contributed by atoms with Crippen molar-refractivity contribution < 1.29 is 19.1 Å². The van der Waals surface area contributed by atoms with Gasteiger partial charge in [0.25, 0.3) is 5.91 Å². The fourth-order valence-electron chi connectivity index (χ4n) is 4.86. The molecule has 0 radical (unpaired) electrons. The predicted molar refractivity (Wildman–Crippen MR) is 111 cm³/mol. The second kappa shape index (κ2) is 7.67. The van der Waals surface area contributed by atoms with Gasteiger partial charge in [-0.05, 0) is 55.5 Å². The Labute approximate surface area is 176 Å². The first-order chi connectivity index (χ1) is 14.6. The molecule has 156 valence electrons. The number of aryl methyl sites for hydroxylation is 1. The number of likely N-dealkylation sites (tertiary alicyclic amines) is 2. The number of hydrogen-bond acceptors (Lipinski definition) is 4. The molecule has 2 fully saturated rings. The number of nitrogens with zero attached hydrogens (tertiary/aromatic N) is 2. The summed E-state index contributed by atoms with van der Waals surface area (Å²) in [5, 5.41) is 0. The molecule has 30 heavy (non-hydrogen) atoms. The number of carbonyl (C=O) groups excluding carboxylic acids is 2. The van der Waals surface area contributed by atoms with Crippen molar-refractivity contribution in [2.24, 2.45) is 5.92 Å². The maximum Gasteiger partial charge on any atom is 0.253 e. The smallest absolute Gasteiger partial charge is 0.253 e. The summed E-state index contributed by atoms with van der Waals surface area (Å²) >= 11 is 0. The first-order valence-corrected chi connectivity index (χ1v) is 10.6. The maximum absolute atomic E-state index is 13.0. The average molecular weight is 406 g/mol. The third-order valence-corrected chi connectivity index (χ3v) is 6.52. The van der Waals surface area contributed by atoms with Crippen LogP contribution in [0.15, 0.2) is 42.5 Å². The predicted octanol–water partition coefficient (Wildman–Crippen LogP) is 3.38. The zero-order valence-electron chi connectivity index (χ0n) is 17.2. The molecule has 0 unspecified atom stereocenters. The fraction of sp³-hybridized carbons (Fsp3) is 0.417. The van der Waals surface area contributed by atoms with Gasteiger partial charge >= 0.3 is 0 Å². The number of rotatable bonds is 3. The molecule has 2 atom stereocenters. The van der Waals surface area contributed by atoms with E-state index in [1.54, 1.807) is 0 Å². The quantitative estimate of drug-likeness (QED) is 0.784. The maximum atomic E-state index is 13.0. The van der Waals surface area contributed by atoms with Crippen LogP contribution < -0.4 is 9.47 Å². The lowest BCUT2D eigenvalue weighted by Gasteiger charge is -2.47. The lowest BCUT2D eigenvalue weighted by molar-refractivity contribution is -0.141. The second-order valence-electron chi connectivity index (χ2n) is 8.48. The monoisotopic (exact) mass is 406 g/mol. The van der Waals surface area contributed by atoms with Crippen molar-refractivity contribution in [1.29, 1.82) is 0 Å². The molecule has 3 aliphatic heterocycles.